The molecule has 2 atom stereocenters. The predicted octanol–water partition coefficient (Wildman–Crippen LogP) is 2.23. The fourth-order valence-corrected chi connectivity index (χ4v) is 2.21. The molecule has 0 heterocycles. The normalized spacial score (nSPS) is 19.9. The Hall–Kier alpha value is -2.44. The van der Waals surface area contributed by atoms with Crippen molar-refractivity contribution in [1.82, 2.24) is 0 Å². The first-order valence-electron chi connectivity index (χ1n) is 7.70. The van der Waals surface area contributed by atoms with Gasteiger partial charge < -0.3 is 21.7 Å². The van der Waals surface area contributed by atoms with Crippen molar-refractivity contribution in [3.8, 4) is 0 Å². The van der Waals surface area contributed by atoms with Crippen molar-refractivity contribution in [2.75, 3.05) is 0 Å². The molecule has 1 aromatic rings. The maximum absolute atomic E-state index is 10.3. The van der Waals surface area contributed by atoms with Gasteiger partial charge in [-0.3, -0.25) is 9.59 Å². The molecule has 0 fully saturated rings. The molecule has 6 nitrogen and oxygen atoms in total. The van der Waals surface area contributed by atoms with Gasteiger partial charge >= 0.3 is 11.9 Å². The van der Waals surface area contributed by atoms with E-state index in [1.165, 1.54) is 0 Å². The number of allylic oxidation sites excluding steroid dienone is 2. The topological polar surface area (TPSA) is 127 Å². The molecule has 0 aliphatic heterocycles. The van der Waals surface area contributed by atoms with Crippen LogP contribution in [-0.4, -0.2) is 27.7 Å². The average molecular weight is 332 g/mol. The van der Waals surface area contributed by atoms with Gasteiger partial charge in [0.2, 0.25) is 0 Å². The van der Waals surface area contributed by atoms with Gasteiger partial charge in [-0.05, 0) is 18.4 Å². The van der Waals surface area contributed by atoms with Gasteiger partial charge in [-0.2, -0.15) is 0 Å². The lowest BCUT2D eigenvalue weighted by Crippen LogP contribution is -2.38. The molecule has 0 saturated heterocycles. The van der Waals surface area contributed by atoms with Crippen LogP contribution in [0.5, 0.6) is 0 Å². The molecule has 1 aromatic carbocycles. The van der Waals surface area contributed by atoms with Gasteiger partial charge in [-0.15, -0.1) is 0 Å². The summed E-state index contributed by atoms with van der Waals surface area (Å²) in [6.07, 6.45) is 8.97. The number of carboxylic acids is 2. The average Bonchev–Trinajstić information content (AvgIpc) is 2.55. The van der Waals surface area contributed by atoms with E-state index in [4.69, 9.17) is 21.7 Å². The van der Waals surface area contributed by atoms with Crippen LogP contribution in [0.15, 0.2) is 54.6 Å². The minimum absolute atomic E-state index is 0.0238. The van der Waals surface area contributed by atoms with Crippen LogP contribution in [0, 0.1) is 0 Å². The maximum atomic E-state index is 10.3. The third-order valence-electron chi connectivity index (χ3n) is 3.60. The Kier molecular flexibility index (Phi) is 7.88. The van der Waals surface area contributed by atoms with Gasteiger partial charge in [-0.25, -0.2) is 0 Å². The second-order valence-corrected chi connectivity index (χ2v) is 5.73. The van der Waals surface area contributed by atoms with Crippen LogP contribution in [0.1, 0.15) is 37.3 Å². The Balaban J connectivity index is 0.000000240. The molecule has 0 spiro atoms. The molecular weight excluding hydrogens is 308 g/mol. The number of carbonyl (C=O) groups is 2. The third-order valence-corrected chi connectivity index (χ3v) is 3.60. The zero-order valence-corrected chi connectivity index (χ0v) is 13.5. The smallest absolute Gasteiger partial charge is 0.305 e. The van der Waals surface area contributed by atoms with E-state index in [0.717, 1.165) is 12.0 Å². The minimum atomic E-state index is -0.869. The summed E-state index contributed by atoms with van der Waals surface area (Å²) >= 11 is 0. The number of carboxylic acid groups (broad SMARTS) is 2. The zero-order valence-electron chi connectivity index (χ0n) is 13.5. The molecule has 6 heteroatoms. The molecule has 1 aliphatic rings. The van der Waals surface area contributed by atoms with Crippen LogP contribution < -0.4 is 11.5 Å². The molecule has 0 saturated carbocycles. The molecule has 1 aliphatic carbocycles. The molecule has 0 amide bonds. The minimum Gasteiger partial charge on any atom is -0.481 e. The molecule has 0 radical (unpaired) electrons. The van der Waals surface area contributed by atoms with Crippen LogP contribution in [-0.2, 0) is 9.59 Å². The summed E-state index contributed by atoms with van der Waals surface area (Å²) in [5.74, 6) is -1.66. The van der Waals surface area contributed by atoms with Crippen LogP contribution in [0.4, 0.5) is 0 Å². The van der Waals surface area contributed by atoms with Crippen molar-refractivity contribution in [3.63, 3.8) is 0 Å². The SMILES string of the molecule is N[C@@H](CC(=O)O)c1ccccc1.N[C@]1(CCC(=O)O)C=CC=CC1. The Bertz CT molecular complexity index is 598. The molecule has 0 aromatic heterocycles. The Labute approximate surface area is 141 Å². The van der Waals surface area contributed by atoms with E-state index in [0.29, 0.717) is 6.42 Å². The predicted molar refractivity (Wildman–Crippen MR) is 92.3 cm³/mol. The summed E-state index contributed by atoms with van der Waals surface area (Å²) in [4.78, 5) is 20.6. The lowest BCUT2D eigenvalue weighted by atomic mass is 9.88. The molecule has 24 heavy (non-hydrogen) atoms. The highest BCUT2D eigenvalue weighted by molar-refractivity contribution is 5.68. The molecule has 0 bridgehead atoms. The van der Waals surface area contributed by atoms with E-state index in [1.54, 1.807) is 0 Å². The van der Waals surface area contributed by atoms with E-state index in [9.17, 15) is 9.59 Å². The summed E-state index contributed by atoms with van der Waals surface area (Å²) in [7, 11) is 0. The van der Waals surface area contributed by atoms with E-state index < -0.39 is 23.5 Å². The van der Waals surface area contributed by atoms with Crippen molar-refractivity contribution in [2.24, 2.45) is 11.5 Å². The maximum Gasteiger partial charge on any atom is 0.305 e. The van der Waals surface area contributed by atoms with E-state index in [-0.39, 0.29) is 12.8 Å². The first-order chi connectivity index (χ1) is 11.3. The van der Waals surface area contributed by atoms with Gasteiger partial charge in [-0.1, -0.05) is 54.6 Å². The fourth-order valence-electron chi connectivity index (χ4n) is 2.21. The highest BCUT2D eigenvalue weighted by Crippen LogP contribution is 2.20. The van der Waals surface area contributed by atoms with Gasteiger partial charge in [0.15, 0.2) is 0 Å². The molecular formula is C18H24N2O4. The van der Waals surface area contributed by atoms with Crippen LogP contribution in [0.2, 0.25) is 0 Å². The fraction of sp³-hybridized carbons (Fsp3) is 0.333. The lowest BCUT2D eigenvalue weighted by molar-refractivity contribution is -0.138. The van der Waals surface area contributed by atoms with Crippen molar-refractivity contribution in [3.05, 3.63) is 60.2 Å². The molecule has 0 unspecified atom stereocenters. The Morgan fingerprint density at radius 3 is 2.29 bits per heavy atom. The van der Waals surface area contributed by atoms with E-state index in [2.05, 4.69) is 0 Å². The molecule has 6 N–H and O–H groups in total. The summed E-state index contributed by atoms with van der Waals surface area (Å²) in [6.45, 7) is 0. The lowest BCUT2D eigenvalue weighted by Gasteiger charge is -2.25. The number of hydrogen-bond donors (Lipinski definition) is 4. The molecule has 2 rings (SSSR count). The van der Waals surface area contributed by atoms with Crippen molar-refractivity contribution < 1.29 is 19.8 Å². The van der Waals surface area contributed by atoms with Gasteiger partial charge in [0, 0.05) is 18.0 Å². The number of hydrogen-bond acceptors (Lipinski definition) is 4. The third kappa shape index (κ3) is 7.71. The highest BCUT2D eigenvalue weighted by Gasteiger charge is 2.21. The Morgan fingerprint density at radius 1 is 1.12 bits per heavy atom. The first-order valence-corrected chi connectivity index (χ1v) is 7.70. The van der Waals surface area contributed by atoms with E-state index in [1.807, 2.05) is 54.6 Å². The molecule has 130 valence electrons. The van der Waals surface area contributed by atoms with Crippen LogP contribution >= 0.6 is 0 Å². The van der Waals surface area contributed by atoms with Crippen LogP contribution in [0.25, 0.3) is 0 Å². The number of benzene rings is 1. The summed E-state index contributed by atoms with van der Waals surface area (Å²) in [5, 5.41) is 16.9. The van der Waals surface area contributed by atoms with Gasteiger partial charge in [0.1, 0.15) is 0 Å². The monoisotopic (exact) mass is 332 g/mol. The largest absolute Gasteiger partial charge is 0.481 e. The number of aliphatic carboxylic acids is 2. The highest BCUT2D eigenvalue weighted by atomic mass is 16.4. The second kappa shape index (κ2) is 9.64. The van der Waals surface area contributed by atoms with Crippen molar-refractivity contribution in [1.29, 1.82) is 0 Å². The standard InChI is InChI=1S/C9H13NO2.C9H11NO2/c10-9(7-4-8(11)12)5-2-1-3-6-9;10-8(6-9(11)12)7-4-2-1-3-5-7/h1-3,5H,4,6-7,10H2,(H,11,12);1-5,8H,6,10H2,(H,11,12)/t9-;8-/m10/s1. The summed E-state index contributed by atoms with van der Waals surface area (Å²) < 4.78 is 0. The van der Waals surface area contributed by atoms with Crippen molar-refractivity contribution in [2.45, 2.75) is 37.3 Å². The second-order valence-electron chi connectivity index (χ2n) is 5.73. The zero-order chi connectivity index (χ0) is 18.0. The number of nitrogens with two attached hydrogens (primary N) is 2. The quantitative estimate of drug-likeness (QED) is 0.632. The van der Waals surface area contributed by atoms with E-state index >= 15 is 0 Å². The summed E-state index contributed by atoms with van der Waals surface area (Å²) in [5.41, 5.74) is 11.9. The van der Waals surface area contributed by atoms with Gasteiger partial charge in [0.05, 0.1) is 6.42 Å². The first kappa shape index (κ1) is 19.6. The van der Waals surface area contributed by atoms with Crippen molar-refractivity contribution >= 4 is 11.9 Å². The van der Waals surface area contributed by atoms with Gasteiger partial charge in [0.25, 0.3) is 0 Å². The van der Waals surface area contributed by atoms with Crippen LogP contribution in [0.3, 0.4) is 0 Å². The Morgan fingerprint density at radius 2 is 1.79 bits per heavy atom. The summed E-state index contributed by atoms with van der Waals surface area (Å²) in [6, 6.07) is 8.82. The number of rotatable bonds is 6.